The maximum atomic E-state index is 12.3. The van der Waals surface area contributed by atoms with Gasteiger partial charge in [-0.1, -0.05) is 36.6 Å². The molecule has 1 fully saturated rings. The third-order valence-electron chi connectivity index (χ3n) is 3.86. The highest BCUT2D eigenvalue weighted by Crippen LogP contribution is 2.24. The third kappa shape index (κ3) is 4.30. The van der Waals surface area contributed by atoms with E-state index in [1.807, 2.05) is 0 Å². The summed E-state index contributed by atoms with van der Waals surface area (Å²) in [6, 6.07) is 6.59. The van der Waals surface area contributed by atoms with Crippen LogP contribution in [0.2, 0.25) is 5.02 Å². The van der Waals surface area contributed by atoms with Crippen molar-refractivity contribution in [3.8, 4) is 0 Å². The van der Waals surface area contributed by atoms with Crippen molar-refractivity contribution >= 4 is 27.7 Å². The molecule has 0 bridgehead atoms. The Kier molecular flexibility index (Phi) is 5.43. The van der Waals surface area contributed by atoms with Gasteiger partial charge in [-0.05, 0) is 36.6 Å². The molecular formula is C15H20ClNO3S. The fraction of sp³-hybridized carbons (Fsp3) is 0.467. The second-order valence-corrected chi connectivity index (χ2v) is 7.65. The third-order valence-corrected chi connectivity index (χ3v) is 5.67. The summed E-state index contributed by atoms with van der Waals surface area (Å²) >= 11 is 5.79. The van der Waals surface area contributed by atoms with Crippen LogP contribution in [0.15, 0.2) is 29.7 Å². The first-order chi connectivity index (χ1) is 9.90. The van der Waals surface area contributed by atoms with E-state index in [1.165, 1.54) is 22.8 Å². The van der Waals surface area contributed by atoms with Gasteiger partial charge in [-0.25, -0.2) is 8.42 Å². The molecule has 0 radical (unpaired) electrons. The molecule has 21 heavy (non-hydrogen) atoms. The number of aliphatic hydroxyl groups excluding tert-OH is 1. The maximum Gasteiger partial charge on any atom is 0.236 e. The summed E-state index contributed by atoms with van der Waals surface area (Å²) in [5, 5.41) is 11.8. The fourth-order valence-electron chi connectivity index (χ4n) is 2.54. The van der Waals surface area contributed by atoms with Crippen LogP contribution in [0.25, 0.3) is 6.08 Å². The maximum absolute atomic E-state index is 12.3. The fourth-order valence-corrected chi connectivity index (χ4v) is 3.81. The molecule has 1 aliphatic rings. The van der Waals surface area contributed by atoms with Crippen LogP contribution in [0.3, 0.4) is 0 Å². The Balaban J connectivity index is 2.11. The largest absolute Gasteiger partial charge is 0.391 e. The quantitative estimate of drug-likeness (QED) is 0.924. The standard InChI is InChI=1S/C15H20ClNO3S/c1-17(14-4-2-3-5-15(14)18)21(19,20)11-10-12-6-8-13(16)9-7-12/h6-11,14-15,18H,2-5H2,1H3/b11-10+. The predicted molar refractivity (Wildman–Crippen MR) is 85.4 cm³/mol. The zero-order valence-corrected chi connectivity index (χ0v) is 13.5. The van der Waals surface area contributed by atoms with E-state index in [0.717, 1.165) is 18.4 Å². The Morgan fingerprint density at radius 1 is 1.24 bits per heavy atom. The topological polar surface area (TPSA) is 57.6 Å². The van der Waals surface area contributed by atoms with Crippen molar-refractivity contribution in [2.75, 3.05) is 7.05 Å². The van der Waals surface area contributed by atoms with Crippen molar-refractivity contribution in [3.05, 3.63) is 40.3 Å². The minimum absolute atomic E-state index is 0.335. The summed E-state index contributed by atoms with van der Waals surface area (Å²) in [6.45, 7) is 0. The van der Waals surface area contributed by atoms with Crippen LogP contribution in [0.5, 0.6) is 0 Å². The Morgan fingerprint density at radius 2 is 1.86 bits per heavy atom. The van der Waals surface area contributed by atoms with E-state index in [9.17, 15) is 13.5 Å². The molecule has 4 nitrogen and oxygen atoms in total. The van der Waals surface area contributed by atoms with Gasteiger partial charge in [0.2, 0.25) is 10.0 Å². The van der Waals surface area contributed by atoms with E-state index in [0.29, 0.717) is 17.9 Å². The molecule has 0 spiro atoms. The summed E-state index contributed by atoms with van der Waals surface area (Å²) in [7, 11) is -2.01. The molecular weight excluding hydrogens is 310 g/mol. The molecule has 116 valence electrons. The lowest BCUT2D eigenvalue weighted by molar-refractivity contribution is 0.0642. The van der Waals surface area contributed by atoms with Gasteiger partial charge in [0.15, 0.2) is 0 Å². The van der Waals surface area contributed by atoms with Crippen molar-refractivity contribution in [1.82, 2.24) is 4.31 Å². The number of sulfonamides is 1. The number of rotatable bonds is 4. The lowest BCUT2D eigenvalue weighted by atomic mass is 9.93. The Morgan fingerprint density at radius 3 is 2.48 bits per heavy atom. The number of hydrogen-bond donors (Lipinski definition) is 1. The highest BCUT2D eigenvalue weighted by atomic mass is 35.5. The lowest BCUT2D eigenvalue weighted by Crippen LogP contribution is -2.45. The zero-order chi connectivity index (χ0) is 15.5. The molecule has 1 N–H and O–H groups in total. The molecule has 0 saturated heterocycles. The first-order valence-electron chi connectivity index (χ1n) is 7.00. The smallest absolute Gasteiger partial charge is 0.236 e. The summed E-state index contributed by atoms with van der Waals surface area (Å²) < 4.78 is 25.9. The lowest BCUT2D eigenvalue weighted by Gasteiger charge is -2.33. The molecule has 0 aromatic heterocycles. The molecule has 1 saturated carbocycles. The molecule has 1 aromatic carbocycles. The van der Waals surface area contributed by atoms with Gasteiger partial charge in [0, 0.05) is 17.5 Å². The van der Waals surface area contributed by atoms with Gasteiger partial charge >= 0.3 is 0 Å². The molecule has 1 aliphatic carbocycles. The highest BCUT2D eigenvalue weighted by molar-refractivity contribution is 7.92. The molecule has 6 heteroatoms. The molecule has 2 rings (SSSR count). The van der Waals surface area contributed by atoms with Crippen LogP contribution in [0.4, 0.5) is 0 Å². The van der Waals surface area contributed by atoms with E-state index in [-0.39, 0.29) is 6.04 Å². The minimum Gasteiger partial charge on any atom is -0.391 e. The summed E-state index contributed by atoms with van der Waals surface area (Å²) in [5.41, 5.74) is 0.764. The van der Waals surface area contributed by atoms with Gasteiger partial charge in [-0.15, -0.1) is 0 Å². The number of hydrogen-bond acceptors (Lipinski definition) is 3. The van der Waals surface area contributed by atoms with Crippen LogP contribution < -0.4 is 0 Å². The van der Waals surface area contributed by atoms with Crippen LogP contribution in [-0.2, 0) is 10.0 Å². The monoisotopic (exact) mass is 329 g/mol. The van der Waals surface area contributed by atoms with Crippen LogP contribution in [0.1, 0.15) is 31.2 Å². The van der Waals surface area contributed by atoms with E-state index in [4.69, 9.17) is 11.6 Å². The summed E-state index contributed by atoms with van der Waals surface area (Å²) in [5.74, 6) is 0. The molecule has 2 atom stereocenters. The second-order valence-electron chi connectivity index (χ2n) is 5.33. The molecule has 0 aliphatic heterocycles. The number of benzene rings is 1. The van der Waals surface area contributed by atoms with Gasteiger partial charge in [0.05, 0.1) is 12.1 Å². The van der Waals surface area contributed by atoms with Gasteiger partial charge in [-0.2, -0.15) is 4.31 Å². The number of halogens is 1. The molecule has 1 aromatic rings. The van der Waals surface area contributed by atoms with Gasteiger partial charge in [0.25, 0.3) is 0 Å². The van der Waals surface area contributed by atoms with Crippen molar-refractivity contribution in [1.29, 1.82) is 0 Å². The number of aliphatic hydroxyl groups is 1. The SMILES string of the molecule is CN(C1CCCCC1O)S(=O)(=O)/C=C/c1ccc(Cl)cc1. The first-order valence-corrected chi connectivity index (χ1v) is 8.88. The van der Waals surface area contributed by atoms with E-state index >= 15 is 0 Å². The van der Waals surface area contributed by atoms with Gasteiger partial charge in [0.1, 0.15) is 0 Å². The van der Waals surface area contributed by atoms with Gasteiger partial charge in [-0.3, -0.25) is 0 Å². The van der Waals surface area contributed by atoms with Crippen LogP contribution in [0, 0.1) is 0 Å². The van der Waals surface area contributed by atoms with Crippen LogP contribution >= 0.6 is 11.6 Å². The predicted octanol–water partition coefficient (Wildman–Crippen LogP) is 2.88. The highest BCUT2D eigenvalue weighted by Gasteiger charge is 2.31. The average Bonchev–Trinajstić information content (AvgIpc) is 2.46. The average molecular weight is 330 g/mol. The van der Waals surface area contributed by atoms with Crippen molar-refractivity contribution < 1.29 is 13.5 Å². The number of nitrogens with zero attached hydrogens (tertiary/aromatic N) is 1. The van der Waals surface area contributed by atoms with E-state index < -0.39 is 16.1 Å². The zero-order valence-electron chi connectivity index (χ0n) is 11.9. The van der Waals surface area contributed by atoms with Crippen LogP contribution in [-0.4, -0.2) is 37.0 Å². The summed E-state index contributed by atoms with van der Waals surface area (Å²) in [4.78, 5) is 0. The van der Waals surface area contributed by atoms with Crippen molar-refractivity contribution in [2.45, 2.75) is 37.8 Å². The number of likely N-dealkylation sites (N-methyl/N-ethyl adjacent to an activating group) is 1. The Bertz CT molecular complexity index is 598. The second kappa shape index (κ2) is 6.92. The van der Waals surface area contributed by atoms with Gasteiger partial charge < -0.3 is 5.11 Å². The first kappa shape index (κ1) is 16.5. The minimum atomic E-state index is -3.54. The van der Waals surface area contributed by atoms with E-state index in [2.05, 4.69) is 0 Å². The normalized spacial score (nSPS) is 23.8. The molecule has 2 unspecified atom stereocenters. The summed E-state index contributed by atoms with van der Waals surface area (Å²) in [6.07, 6.45) is 4.21. The van der Waals surface area contributed by atoms with Crippen molar-refractivity contribution in [2.24, 2.45) is 0 Å². The van der Waals surface area contributed by atoms with E-state index in [1.54, 1.807) is 24.3 Å². The molecule has 0 heterocycles. The Hall–Kier alpha value is -0.880. The molecule has 0 amide bonds. The Labute approximate surface area is 131 Å². The van der Waals surface area contributed by atoms with Crippen molar-refractivity contribution in [3.63, 3.8) is 0 Å².